The summed E-state index contributed by atoms with van der Waals surface area (Å²) < 4.78 is 15.4. The molecule has 1 saturated carbocycles. The predicted molar refractivity (Wildman–Crippen MR) is 88.6 cm³/mol. The summed E-state index contributed by atoms with van der Waals surface area (Å²) in [7, 11) is 1.68. The molecule has 5 nitrogen and oxygen atoms in total. The molecule has 0 bridgehead atoms. The molecule has 1 N–H and O–H groups in total. The molecular weight excluding hydrogens is 309 g/mol. The van der Waals surface area contributed by atoms with E-state index in [1.54, 1.807) is 32.2 Å². The van der Waals surface area contributed by atoms with Crippen molar-refractivity contribution in [1.82, 2.24) is 14.7 Å². The molecule has 1 aromatic carbocycles. The number of amides is 1. The Hall–Kier alpha value is -2.21. The molecule has 0 saturated heterocycles. The molecule has 6 heteroatoms. The number of aliphatic hydroxyl groups is 1. The first-order valence-corrected chi connectivity index (χ1v) is 8.19. The van der Waals surface area contributed by atoms with E-state index in [-0.39, 0.29) is 5.91 Å². The first kappa shape index (κ1) is 16.6. The second kappa shape index (κ2) is 6.36. The average molecular weight is 331 g/mol. The van der Waals surface area contributed by atoms with Crippen molar-refractivity contribution >= 4 is 5.91 Å². The highest BCUT2D eigenvalue weighted by atomic mass is 19.1. The van der Waals surface area contributed by atoms with E-state index in [9.17, 15) is 14.3 Å². The van der Waals surface area contributed by atoms with Gasteiger partial charge in [-0.2, -0.15) is 5.10 Å². The van der Waals surface area contributed by atoms with Crippen LogP contribution in [0.3, 0.4) is 0 Å². The van der Waals surface area contributed by atoms with Gasteiger partial charge in [0.05, 0.1) is 23.1 Å². The molecule has 0 unspecified atom stereocenters. The molecule has 2 aromatic rings. The first-order valence-electron chi connectivity index (χ1n) is 8.19. The summed E-state index contributed by atoms with van der Waals surface area (Å²) in [6.07, 6.45) is 4.88. The Labute approximate surface area is 140 Å². The molecule has 1 amide bonds. The molecule has 1 fully saturated rings. The Balaban J connectivity index is 1.82. The van der Waals surface area contributed by atoms with Crippen molar-refractivity contribution in [1.29, 1.82) is 0 Å². The molecular formula is C18H22FN3O2. The molecule has 1 heterocycles. The van der Waals surface area contributed by atoms with Gasteiger partial charge in [0, 0.05) is 13.6 Å². The van der Waals surface area contributed by atoms with Gasteiger partial charge in [0.2, 0.25) is 0 Å². The van der Waals surface area contributed by atoms with Crippen molar-refractivity contribution in [2.75, 3.05) is 13.6 Å². The van der Waals surface area contributed by atoms with Gasteiger partial charge in [-0.3, -0.25) is 4.79 Å². The number of hydrogen-bond donors (Lipinski definition) is 1. The molecule has 128 valence electrons. The maximum absolute atomic E-state index is 14.0. The summed E-state index contributed by atoms with van der Waals surface area (Å²) >= 11 is 0. The van der Waals surface area contributed by atoms with Gasteiger partial charge in [-0.15, -0.1) is 0 Å². The minimum Gasteiger partial charge on any atom is -0.388 e. The average Bonchev–Trinajstić information content (AvgIpc) is 3.13. The van der Waals surface area contributed by atoms with Gasteiger partial charge in [-0.05, 0) is 31.9 Å². The molecule has 0 aliphatic heterocycles. The number of para-hydroxylation sites is 1. The number of benzene rings is 1. The number of halogens is 1. The van der Waals surface area contributed by atoms with Crippen LogP contribution in [0.2, 0.25) is 0 Å². The highest BCUT2D eigenvalue weighted by Gasteiger charge is 2.34. The maximum atomic E-state index is 14.0. The van der Waals surface area contributed by atoms with Gasteiger partial charge in [0.15, 0.2) is 0 Å². The molecule has 3 rings (SSSR count). The van der Waals surface area contributed by atoms with E-state index in [1.807, 2.05) is 0 Å². The van der Waals surface area contributed by atoms with E-state index in [1.165, 1.54) is 21.8 Å². The van der Waals surface area contributed by atoms with Crippen LogP contribution in [-0.2, 0) is 0 Å². The third kappa shape index (κ3) is 3.06. The van der Waals surface area contributed by atoms with E-state index in [0.717, 1.165) is 25.7 Å². The Bertz CT molecular complexity index is 750. The van der Waals surface area contributed by atoms with E-state index >= 15 is 0 Å². The zero-order chi connectivity index (χ0) is 17.3. The third-order valence-corrected chi connectivity index (χ3v) is 4.73. The largest absolute Gasteiger partial charge is 0.388 e. The van der Waals surface area contributed by atoms with Crippen molar-refractivity contribution in [2.45, 2.75) is 38.2 Å². The minimum absolute atomic E-state index is 0.213. The highest BCUT2D eigenvalue weighted by Crippen LogP contribution is 2.30. The van der Waals surface area contributed by atoms with Crippen LogP contribution in [-0.4, -0.2) is 44.9 Å². The van der Waals surface area contributed by atoms with Crippen molar-refractivity contribution < 1.29 is 14.3 Å². The summed E-state index contributed by atoms with van der Waals surface area (Å²) in [5, 5.41) is 14.6. The number of aromatic nitrogens is 2. The lowest BCUT2D eigenvalue weighted by Gasteiger charge is -2.28. The van der Waals surface area contributed by atoms with E-state index in [2.05, 4.69) is 5.10 Å². The molecule has 1 aliphatic rings. The molecule has 1 aliphatic carbocycles. The van der Waals surface area contributed by atoms with Crippen LogP contribution in [0, 0.1) is 12.7 Å². The van der Waals surface area contributed by atoms with Crippen molar-refractivity contribution in [3.05, 3.63) is 47.5 Å². The van der Waals surface area contributed by atoms with E-state index in [0.29, 0.717) is 23.5 Å². The number of hydrogen-bond acceptors (Lipinski definition) is 3. The van der Waals surface area contributed by atoms with Gasteiger partial charge >= 0.3 is 0 Å². The van der Waals surface area contributed by atoms with Gasteiger partial charge in [0.25, 0.3) is 5.91 Å². The summed E-state index contributed by atoms with van der Waals surface area (Å²) in [6.45, 7) is 2.04. The van der Waals surface area contributed by atoms with Gasteiger partial charge < -0.3 is 10.0 Å². The first-order chi connectivity index (χ1) is 11.4. The number of nitrogens with zero attached hydrogens (tertiary/aromatic N) is 3. The van der Waals surface area contributed by atoms with E-state index < -0.39 is 11.4 Å². The summed E-state index contributed by atoms with van der Waals surface area (Å²) in [4.78, 5) is 14.2. The van der Waals surface area contributed by atoms with Gasteiger partial charge in [-0.1, -0.05) is 25.0 Å². The predicted octanol–water partition coefficient (Wildman–Crippen LogP) is 2.70. The smallest absolute Gasteiger partial charge is 0.257 e. The fraction of sp³-hybridized carbons (Fsp3) is 0.444. The fourth-order valence-electron chi connectivity index (χ4n) is 3.40. The second-order valence-corrected chi connectivity index (χ2v) is 6.60. The highest BCUT2D eigenvalue weighted by molar-refractivity contribution is 5.95. The fourth-order valence-corrected chi connectivity index (χ4v) is 3.40. The quantitative estimate of drug-likeness (QED) is 0.937. The molecule has 0 spiro atoms. The molecule has 0 atom stereocenters. The summed E-state index contributed by atoms with van der Waals surface area (Å²) in [5.74, 6) is -0.605. The maximum Gasteiger partial charge on any atom is 0.257 e. The Morgan fingerprint density at radius 3 is 2.71 bits per heavy atom. The van der Waals surface area contributed by atoms with Crippen LogP contribution in [0.15, 0.2) is 30.5 Å². The lowest BCUT2D eigenvalue weighted by molar-refractivity contribution is 0.0156. The lowest BCUT2D eigenvalue weighted by Crippen LogP contribution is -2.42. The Morgan fingerprint density at radius 2 is 2.04 bits per heavy atom. The molecule has 24 heavy (non-hydrogen) atoms. The number of carbonyl (C=O) groups is 1. The SMILES string of the molecule is Cc1c(C(=O)N(C)CC2(O)CCCC2)cnn1-c1ccccc1F. The number of likely N-dealkylation sites (N-methyl/N-ethyl adjacent to an activating group) is 1. The third-order valence-electron chi connectivity index (χ3n) is 4.73. The zero-order valence-corrected chi connectivity index (χ0v) is 14.0. The summed E-state index contributed by atoms with van der Waals surface area (Å²) in [6, 6.07) is 6.32. The zero-order valence-electron chi connectivity index (χ0n) is 14.0. The lowest BCUT2D eigenvalue weighted by atomic mass is 10.0. The van der Waals surface area contributed by atoms with Crippen molar-refractivity contribution in [2.24, 2.45) is 0 Å². The number of rotatable bonds is 4. The van der Waals surface area contributed by atoms with E-state index in [4.69, 9.17) is 0 Å². The molecule has 1 aromatic heterocycles. The van der Waals surface area contributed by atoms with Crippen LogP contribution < -0.4 is 0 Å². The van der Waals surface area contributed by atoms with Crippen LogP contribution in [0.25, 0.3) is 5.69 Å². The van der Waals surface area contributed by atoms with Gasteiger partial charge in [-0.25, -0.2) is 9.07 Å². The Morgan fingerprint density at radius 1 is 1.38 bits per heavy atom. The number of carbonyl (C=O) groups excluding carboxylic acids is 1. The van der Waals surface area contributed by atoms with Crippen LogP contribution >= 0.6 is 0 Å². The normalized spacial score (nSPS) is 16.3. The minimum atomic E-state index is -0.792. The Kier molecular flexibility index (Phi) is 4.41. The topological polar surface area (TPSA) is 58.4 Å². The van der Waals surface area contributed by atoms with Gasteiger partial charge in [0.1, 0.15) is 11.5 Å². The van der Waals surface area contributed by atoms with Crippen LogP contribution in [0.1, 0.15) is 41.7 Å². The molecule has 0 radical (unpaired) electrons. The van der Waals surface area contributed by atoms with Crippen LogP contribution in [0.5, 0.6) is 0 Å². The second-order valence-electron chi connectivity index (χ2n) is 6.60. The van der Waals surface area contributed by atoms with Crippen LogP contribution in [0.4, 0.5) is 4.39 Å². The standard InChI is InChI=1S/C18H22FN3O2/c1-13-14(11-20-22(13)16-8-4-3-7-15(16)19)17(23)21(2)12-18(24)9-5-6-10-18/h3-4,7-8,11,24H,5-6,9-10,12H2,1-2H3. The monoisotopic (exact) mass is 331 g/mol. The van der Waals surface area contributed by atoms with Crippen molar-refractivity contribution in [3.63, 3.8) is 0 Å². The summed E-state index contributed by atoms with van der Waals surface area (Å²) in [5.41, 5.74) is 0.517. The van der Waals surface area contributed by atoms with Crippen molar-refractivity contribution in [3.8, 4) is 5.69 Å².